The number of allylic oxidation sites excluding steroid dienone is 1. The summed E-state index contributed by atoms with van der Waals surface area (Å²) in [6, 6.07) is -0.840. The van der Waals surface area contributed by atoms with Gasteiger partial charge in [-0.05, 0) is 19.3 Å². The Morgan fingerprint density at radius 3 is 1.28 bits per heavy atom. The molecule has 1 amide bonds. The van der Waals surface area contributed by atoms with Gasteiger partial charge in [-0.3, -0.25) is 13.8 Å². The van der Waals surface area contributed by atoms with Crippen molar-refractivity contribution in [3.05, 3.63) is 12.2 Å². The zero-order chi connectivity index (χ0) is 42.8. The van der Waals surface area contributed by atoms with Crippen LogP contribution < -0.4 is 5.32 Å². The van der Waals surface area contributed by atoms with Crippen LogP contribution in [0.1, 0.15) is 245 Å². The van der Waals surface area contributed by atoms with Crippen molar-refractivity contribution in [2.24, 2.45) is 0 Å². The van der Waals surface area contributed by atoms with Crippen LogP contribution in [0.2, 0.25) is 0 Å². The van der Waals surface area contributed by atoms with E-state index in [2.05, 4.69) is 19.2 Å². The Hall–Kier alpha value is -0.760. The molecule has 0 aromatic carbocycles. The van der Waals surface area contributed by atoms with Crippen molar-refractivity contribution in [1.29, 1.82) is 0 Å². The van der Waals surface area contributed by atoms with Crippen molar-refractivity contribution in [3.63, 3.8) is 0 Å². The number of amides is 1. The monoisotopic (exact) mass is 844 g/mol. The number of quaternary nitrogens is 1. The van der Waals surface area contributed by atoms with Crippen LogP contribution in [0, 0.1) is 0 Å². The number of aliphatic hydroxyl groups excluding tert-OH is 1. The predicted molar refractivity (Wildman–Crippen MR) is 249 cm³/mol. The number of unbranched alkanes of at least 4 members (excludes halogenated alkanes) is 33. The number of phosphoric ester groups is 1. The number of aliphatic hydroxyl groups is 1. The zero-order valence-corrected chi connectivity index (χ0v) is 40.2. The summed E-state index contributed by atoms with van der Waals surface area (Å²) in [5, 5.41) is 13.9. The summed E-state index contributed by atoms with van der Waals surface area (Å²) in [6.07, 6.45) is 48.5. The molecular formula is C49H100N2O6P+. The molecule has 3 unspecified atom stereocenters. The van der Waals surface area contributed by atoms with Crippen molar-refractivity contribution in [2.45, 2.75) is 257 Å². The van der Waals surface area contributed by atoms with Crippen molar-refractivity contribution in [2.75, 3.05) is 40.9 Å². The van der Waals surface area contributed by atoms with Crippen LogP contribution in [0.4, 0.5) is 0 Å². The molecule has 0 saturated heterocycles. The average molecular weight is 844 g/mol. The summed E-state index contributed by atoms with van der Waals surface area (Å²) < 4.78 is 23.6. The highest BCUT2D eigenvalue weighted by Crippen LogP contribution is 2.43. The molecule has 8 nitrogen and oxygen atoms in total. The molecule has 0 aliphatic rings. The topological polar surface area (TPSA) is 105 Å². The SMILES string of the molecule is CCCCCCCCCCCCCCC/C=C/C(O)C(COP(=O)(O)OCC[N+](C)(C)C)NC(=O)CCCCCCCCCCCCCCCCCCCCCCC. The second kappa shape index (κ2) is 41.6. The standard InChI is InChI=1S/C49H99N2O6P/c1-6-8-10-12-14-16-18-20-22-23-24-25-26-27-29-31-33-35-37-39-41-43-49(53)50-47(46-57-58(54,55)56-45-44-51(3,4)5)48(52)42-40-38-36-34-32-30-28-21-19-17-15-13-11-9-7-2/h40,42,47-48,52H,6-39,41,43-46H2,1-5H3,(H-,50,53,54,55)/p+1/b42-40+. The fourth-order valence-corrected chi connectivity index (χ4v) is 8.25. The summed E-state index contributed by atoms with van der Waals surface area (Å²) in [6.45, 7) is 4.84. The maximum atomic E-state index is 12.9. The zero-order valence-electron chi connectivity index (χ0n) is 39.3. The third-order valence-corrected chi connectivity index (χ3v) is 12.5. The molecule has 0 spiro atoms. The molecule has 0 bridgehead atoms. The first-order chi connectivity index (χ1) is 28.0. The number of rotatable bonds is 46. The molecule has 0 rings (SSSR count). The Kier molecular flexibility index (Phi) is 41.0. The summed E-state index contributed by atoms with van der Waals surface area (Å²) in [7, 11) is 1.58. The number of nitrogens with zero attached hydrogens (tertiary/aromatic N) is 1. The summed E-state index contributed by atoms with van der Waals surface area (Å²) in [5.41, 5.74) is 0. The van der Waals surface area contributed by atoms with Gasteiger partial charge in [0.05, 0.1) is 39.9 Å². The van der Waals surface area contributed by atoms with Crippen LogP contribution in [0.3, 0.4) is 0 Å². The number of likely N-dealkylation sites (N-methyl/N-ethyl adjacent to an activating group) is 1. The molecule has 0 radical (unpaired) electrons. The quantitative estimate of drug-likeness (QED) is 0.0244. The van der Waals surface area contributed by atoms with E-state index in [4.69, 9.17) is 9.05 Å². The first kappa shape index (κ1) is 57.2. The number of hydrogen-bond donors (Lipinski definition) is 3. The minimum atomic E-state index is -4.33. The van der Waals surface area contributed by atoms with Gasteiger partial charge in [-0.25, -0.2) is 4.57 Å². The van der Waals surface area contributed by atoms with E-state index in [-0.39, 0.29) is 19.1 Å². The lowest BCUT2D eigenvalue weighted by Gasteiger charge is -2.25. The highest BCUT2D eigenvalue weighted by Gasteiger charge is 2.27. The van der Waals surface area contributed by atoms with E-state index < -0.39 is 20.0 Å². The number of carbonyl (C=O) groups excluding carboxylic acids is 1. The number of hydrogen-bond acceptors (Lipinski definition) is 5. The second-order valence-corrected chi connectivity index (χ2v) is 20.0. The summed E-state index contributed by atoms with van der Waals surface area (Å²) >= 11 is 0. The minimum absolute atomic E-state index is 0.0648. The van der Waals surface area contributed by atoms with E-state index >= 15 is 0 Å². The van der Waals surface area contributed by atoms with Crippen LogP contribution in [-0.4, -0.2) is 73.4 Å². The van der Waals surface area contributed by atoms with E-state index in [1.54, 1.807) is 6.08 Å². The number of nitrogens with one attached hydrogen (secondary N) is 1. The van der Waals surface area contributed by atoms with E-state index in [0.717, 1.165) is 32.1 Å². The van der Waals surface area contributed by atoms with Gasteiger partial charge in [-0.15, -0.1) is 0 Å². The Balaban J connectivity index is 4.26. The van der Waals surface area contributed by atoms with Gasteiger partial charge in [0.15, 0.2) is 0 Å². The van der Waals surface area contributed by atoms with Gasteiger partial charge in [0.25, 0.3) is 0 Å². The molecule has 0 aromatic heterocycles. The Morgan fingerprint density at radius 1 is 0.569 bits per heavy atom. The molecular weight excluding hydrogens is 744 g/mol. The van der Waals surface area contributed by atoms with Crippen molar-refractivity contribution >= 4 is 13.7 Å². The fraction of sp³-hybridized carbons (Fsp3) is 0.939. The first-order valence-electron chi connectivity index (χ1n) is 25.1. The molecule has 346 valence electrons. The van der Waals surface area contributed by atoms with Crippen LogP contribution >= 0.6 is 7.82 Å². The summed E-state index contributed by atoms with van der Waals surface area (Å²) in [5.74, 6) is -0.172. The van der Waals surface area contributed by atoms with E-state index in [1.165, 1.54) is 193 Å². The number of carbonyl (C=O) groups is 1. The van der Waals surface area contributed by atoms with Crippen LogP contribution in [0.25, 0.3) is 0 Å². The molecule has 0 heterocycles. The predicted octanol–water partition coefficient (Wildman–Crippen LogP) is 14.3. The molecule has 0 fully saturated rings. The number of phosphoric acid groups is 1. The van der Waals surface area contributed by atoms with Crippen molar-refractivity contribution in [3.8, 4) is 0 Å². The van der Waals surface area contributed by atoms with Gasteiger partial charge >= 0.3 is 7.82 Å². The van der Waals surface area contributed by atoms with Crippen molar-refractivity contribution < 1.29 is 32.9 Å². The lowest BCUT2D eigenvalue weighted by atomic mass is 10.0. The molecule has 0 aliphatic carbocycles. The molecule has 3 atom stereocenters. The third-order valence-electron chi connectivity index (χ3n) is 11.5. The molecule has 0 saturated carbocycles. The smallest absolute Gasteiger partial charge is 0.387 e. The highest BCUT2D eigenvalue weighted by molar-refractivity contribution is 7.47. The summed E-state index contributed by atoms with van der Waals surface area (Å²) in [4.78, 5) is 23.2. The Morgan fingerprint density at radius 2 is 0.914 bits per heavy atom. The third kappa shape index (κ3) is 43.3. The van der Waals surface area contributed by atoms with Gasteiger partial charge in [-0.1, -0.05) is 231 Å². The molecule has 0 aromatic rings. The molecule has 0 aliphatic heterocycles. The molecule has 9 heteroatoms. The van der Waals surface area contributed by atoms with Gasteiger partial charge in [0.1, 0.15) is 13.2 Å². The maximum Gasteiger partial charge on any atom is 0.472 e. The van der Waals surface area contributed by atoms with Gasteiger partial charge in [-0.2, -0.15) is 0 Å². The largest absolute Gasteiger partial charge is 0.472 e. The van der Waals surface area contributed by atoms with Crippen molar-refractivity contribution in [1.82, 2.24) is 5.32 Å². The van der Waals surface area contributed by atoms with Crippen LogP contribution in [0.5, 0.6) is 0 Å². The van der Waals surface area contributed by atoms with Crippen LogP contribution in [-0.2, 0) is 18.4 Å². The van der Waals surface area contributed by atoms with E-state index in [0.29, 0.717) is 17.4 Å². The van der Waals surface area contributed by atoms with E-state index in [9.17, 15) is 19.4 Å². The lowest BCUT2D eigenvalue weighted by molar-refractivity contribution is -0.870. The van der Waals surface area contributed by atoms with Gasteiger partial charge in [0, 0.05) is 6.42 Å². The highest BCUT2D eigenvalue weighted by atomic mass is 31.2. The minimum Gasteiger partial charge on any atom is -0.387 e. The first-order valence-corrected chi connectivity index (χ1v) is 26.6. The van der Waals surface area contributed by atoms with Crippen LogP contribution in [0.15, 0.2) is 12.2 Å². The molecule has 58 heavy (non-hydrogen) atoms. The lowest BCUT2D eigenvalue weighted by Crippen LogP contribution is -2.45. The average Bonchev–Trinajstić information content (AvgIpc) is 3.17. The second-order valence-electron chi connectivity index (χ2n) is 18.6. The Bertz CT molecular complexity index is 958. The normalized spacial score (nSPS) is 14.3. The van der Waals surface area contributed by atoms with E-state index in [1.807, 2.05) is 27.2 Å². The Labute approximate surface area is 361 Å². The van der Waals surface area contributed by atoms with Gasteiger partial charge < -0.3 is 19.8 Å². The fourth-order valence-electron chi connectivity index (χ4n) is 7.51. The maximum absolute atomic E-state index is 12.9. The van der Waals surface area contributed by atoms with Gasteiger partial charge in [0.2, 0.25) is 5.91 Å². The molecule has 3 N–H and O–H groups in total.